The standard InChI is InChI=1S/C13H20BClN2O2/c1-12(2)13(3,4)19-14(18-12)10-7-11(15)17-8-9(10)5-6-16/h7-8H,5-6,16H2,1-4H3. The molecule has 104 valence electrons. The van der Waals surface area contributed by atoms with Crippen molar-refractivity contribution in [3.63, 3.8) is 0 Å². The Balaban J connectivity index is 2.35. The Bertz CT molecular complexity index is 464. The third-order valence-corrected chi connectivity index (χ3v) is 4.12. The van der Waals surface area contributed by atoms with Crippen LogP contribution < -0.4 is 11.2 Å². The van der Waals surface area contributed by atoms with Crippen molar-refractivity contribution in [1.29, 1.82) is 0 Å². The first kappa shape index (κ1) is 14.8. The van der Waals surface area contributed by atoms with Gasteiger partial charge in [-0.25, -0.2) is 4.98 Å². The molecule has 6 heteroatoms. The van der Waals surface area contributed by atoms with E-state index in [0.717, 1.165) is 17.4 Å². The van der Waals surface area contributed by atoms with Gasteiger partial charge in [0.2, 0.25) is 0 Å². The zero-order valence-electron chi connectivity index (χ0n) is 11.9. The topological polar surface area (TPSA) is 57.4 Å². The summed E-state index contributed by atoms with van der Waals surface area (Å²) in [5.41, 5.74) is 6.83. The molecule has 1 aliphatic heterocycles. The van der Waals surface area contributed by atoms with Gasteiger partial charge < -0.3 is 15.0 Å². The molecule has 19 heavy (non-hydrogen) atoms. The SMILES string of the molecule is CC1(C)OB(c2cc(Cl)ncc2CCN)OC1(C)C. The van der Waals surface area contributed by atoms with Crippen LogP contribution in [0.3, 0.4) is 0 Å². The van der Waals surface area contributed by atoms with E-state index in [4.69, 9.17) is 26.6 Å². The van der Waals surface area contributed by atoms with Crippen LogP contribution in [0.15, 0.2) is 12.3 Å². The second-order valence-electron chi connectivity index (χ2n) is 5.83. The maximum absolute atomic E-state index is 6.04. The average molecular weight is 283 g/mol. The summed E-state index contributed by atoms with van der Waals surface area (Å²) in [6.45, 7) is 8.66. The van der Waals surface area contributed by atoms with Crippen molar-refractivity contribution in [1.82, 2.24) is 4.98 Å². The molecule has 2 N–H and O–H groups in total. The van der Waals surface area contributed by atoms with Crippen molar-refractivity contribution in [2.75, 3.05) is 6.54 Å². The molecule has 0 amide bonds. The minimum Gasteiger partial charge on any atom is -0.399 e. The maximum Gasteiger partial charge on any atom is 0.495 e. The van der Waals surface area contributed by atoms with E-state index in [1.807, 2.05) is 27.7 Å². The van der Waals surface area contributed by atoms with Crippen molar-refractivity contribution in [2.24, 2.45) is 5.73 Å². The number of hydrogen-bond acceptors (Lipinski definition) is 4. The molecule has 1 aliphatic rings. The second-order valence-corrected chi connectivity index (χ2v) is 6.22. The molecule has 0 atom stereocenters. The zero-order chi connectivity index (χ0) is 14.3. The number of pyridine rings is 1. The van der Waals surface area contributed by atoms with Crippen LogP contribution in [-0.2, 0) is 15.7 Å². The van der Waals surface area contributed by atoms with E-state index in [1.165, 1.54) is 0 Å². The van der Waals surface area contributed by atoms with Gasteiger partial charge >= 0.3 is 7.12 Å². The van der Waals surface area contributed by atoms with Crippen LogP contribution in [0.2, 0.25) is 5.15 Å². The predicted molar refractivity (Wildman–Crippen MR) is 77.7 cm³/mol. The Hall–Kier alpha value is -0.615. The summed E-state index contributed by atoms with van der Waals surface area (Å²) >= 11 is 5.98. The minimum absolute atomic E-state index is 0.368. The number of nitrogens with two attached hydrogens (primary N) is 1. The highest BCUT2D eigenvalue weighted by atomic mass is 35.5. The van der Waals surface area contributed by atoms with Crippen LogP contribution in [0.5, 0.6) is 0 Å². The first-order valence-corrected chi connectivity index (χ1v) is 6.84. The molecule has 2 heterocycles. The monoisotopic (exact) mass is 282 g/mol. The van der Waals surface area contributed by atoms with Crippen LogP contribution in [0.1, 0.15) is 33.3 Å². The minimum atomic E-state index is -0.424. The number of nitrogens with zero attached hydrogens (tertiary/aromatic N) is 1. The average Bonchev–Trinajstić information content (AvgIpc) is 2.51. The number of hydrogen-bond donors (Lipinski definition) is 1. The number of halogens is 1. The summed E-state index contributed by atoms with van der Waals surface area (Å²) in [5.74, 6) is 0. The smallest absolute Gasteiger partial charge is 0.399 e. The third-order valence-electron chi connectivity index (χ3n) is 3.91. The fourth-order valence-electron chi connectivity index (χ4n) is 2.03. The van der Waals surface area contributed by atoms with Gasteiger partial charge in [0.1, 0.15) is 5.15 Å². The quantitative estimate of drug-likeness (QED) is 0.675. The first-order chi connectivity index (χ1) is 8.77. The molecule has 0 aliphatic carbocycles. The van der Waals surface area contributed by atoms with Gasteiger partial charge in [0.15, 0.2) is 0 Å². The van der Waals surface area contributed by atoms with Crippen molar-refractivity contribution < 1.29 is 9.31 Å². The number of rotatable bonds is 3. The molecule has 4 nitrogen and oxygen atoms in total. The fourth-order valence-corrected chi connectivity index (χ4v) is 2.19. The van der Waals surface area contributed by atoms with E-state index in [0.29, 0.717) is 11.7 Å². The van der Waals surface area contributed by atoms with Gasteiger partial charge in [0.05, 0.1) is 11.2 Å². The summed E-state index contributed by atoms with van der Waals surface area (Å²) in [4.78, 5) is 4.10. The van der Waals surface area contributed by atoms with Gasteiger partial charge in [-0.1, -0.05) is 11.6 Å². The first-order valence-electron chi connectivity index (χ1n) is 6.47. The summed E-state index contributed by atoms with van der Waals surface area (Å²) in [6, 6.07) is 1.80. The highest BCUT2D eigenvalue weighted by Gasteiger charge is 2.52. The lowest BCUT2D eigenvalue weighted by molar-refractivity contribution is 0.00578. The van der Waals surface area contributed by atoms with Crippen molar-refractivity contribution in [2.45, 2.75) is 45.3 Å². The summed E-state index contributed by atoms with van der Waals surface area (Å²) in [7, 11) is -0.424. The molecule has 1 saturated heterocycles. The van der Waals surface area contributed by atoms with Crippen molar-refractivity contribution in [3.8, 4) is 0 Å². The van der Waals surface area contributed by atoms with Crippen LogP contribution in [-0.4, -0.2) is 29.8 Å². The van der Waals surface area contributed by atoms with E-state index < -0.39 is 7.12 Å². The van der Waals surface area contributed by atoms with Crippen LogP contribution in [0, 0.1) is 0 Å². The molecule has 1 aromatic heterocycles. The molecule has 0 radical (unpaired) electrons. The third kappa shape index (κ3) is 2.79. The largest absolute Gasteiger partial charge is 0.495 e. The summed E-state index contributed by atoms with van der Waals surface area (Å²) < 4.78 is 12.1. The van der Waals surface area contributed by atoms with Gasteiger partial charge in [-0.05, 0) is 57.8 Å². The lowest BCUT2D eigenvalue weighted by atomic mass is 9.76. The van der Waals surface area contributed by atoms with Gasteiger partial charge in [-0.2, -0.15) is 0 Å². The molecule has 0 spiro atoms. The Morgan fingerprint density at radius 2 is 1.84 bits per heavy atom. The van der Waals surface area contributed by atoms with Gasteiger partial charge in [0, 0.05) is 6.20 Å². The molecule has 2 rings (SSSR count). The van der Waals surface area contributed by atoms with E-state index in [9.17, 15) is 0 Å². The summed E-state index contributed by atoms with van der Waals surface area (Å²) in [6.07, 6.45) is 2.47. The molecular formula is C13H20BClN2O2. The molecule has 0 unspecified atom stereocenters. The highest BCUT2D eigenvalue weighted by molar-refractivity contribution is 6.63. The van der Waals surface area contributed by atoms with Crippen molar-refractivity contribution >= 4 is 24.2 Å². The molecule has 0 saturated carbocycles. The van der Waals surface area contributed by atoms with Gasteiger partial charge in [0.25, 0.3) is 0 Å². The van der Waals surface area contributed by atoms with E-state index in [1.54, 1.807) is 12.3 Å². The van der Waals surface area contributed by atoms with E-state index >= 15 is 0 Å². The zero-order valence-corrected chi connectivity index (χ0v) is 12.6. The lowest BCUT2D eigenvalue weighted by Gasteiger charge is -2.32. The molecule has 1 fully saturated rings. The summed E-state index contributed by atoms with van der Waals surface area (Å²) in [5, 5.41) is 0.436. The van der Waals surface area contributed by atoms with Crippen molar-refractivity contribution in [3.05, 3.63) is 23.0 Å². The molecule has 1 aromatic rings. The predicted octanol–water partition coefficient (Wildman–Crippen LogP) is 1.54. The number of aromatic nitrogens is 1. The normalized spacial score (nSPS) is 20.8. The van der Waals surface area contributed by atoms with E-state index in [-0.39, 0.29) is 11.2 Å². The van der Waals surface area contributed by atoms with Crippen LogP contribution in [0.25, 0.3) is 0 Å². The molecular weight excluding hydrogens is 262 g/mol. The Labute approximate surface area is 119 Å². The van der Waals surface area contributed by atoms with Crippen LogP contribution in [0.4, 0.5) is 0 Å². The molecule has 0 aromatic carbocycles. The second kappa shape index (κ2) is 5.06. The van der Waals surface area contributed by atoms with E-state index in [2.05, 4.69) is 4.98 Å². The van der Waals surface area contributed by atoms with Crippen LogP contribution >= 0.6 is 11.6 Å². The molecule has 0 bridgehead atoms. The van der Waals surface area contributed by atoms with Gasteiger partial charge in [-0.15, -0.1) is 0 Å². The fraction of sp³-hybridized carbons (Fsp3) is 0.615. The lowest BCUT2D eigenvalue weighted by Crippen LogP contribution is -2.41. The Morgan fingerprint density at radius 1 is 1.26 bits per heavy atom. The Morgan fingerprint density at radius 3 is 2.37 bits per heavy atom. The van der Waals surface area contributed by atoms with Gasteiger partial charge in [-0.3, -0.25) is 0 Å². The Kier molecular flexibility index (Phi) is 3.93. The maximum atomic E-state index is 6.04. The highest BCUT2D eigenvalue weighted by Crippen LogP contribution is 2.36.